The Balaban J connectivity index is 2.27. The molecule has 0 spiro atoms. The van der Waals surface area contributed by atoms with Crippen molar-refractivity contribution in [2.24, 2.45) is 0 Å². The van der Waals surface area contributed by atoms with E-state index < -0.39 is 0 Å². The van der Waals surface area contributed by atoms with Gasteiger partial charge in [0.05, 0.1) is 6.61 Å². The zero-order valence-corrected chi connectivity index (χ0v) is 8.14. The van der Waals surface area contributed by atoms with Crippen molar-refractivity contribution in [1.29, 1.82) is 0 Å². The Morgan fingerprint density at radius 3 is 3.00 bits per heavy atom. The molecule has 0 aromatic heterocycles. The Morgan fingerprint density at radius 1 is 1.69 bits per heavy atom. The Morgan fingerprint density at radius 2 is 2.46 bits per heavy atom. The molecule has 0 saturated carbocycles. The number of carbonyl (C=O) groups excluding carboxylic acids is 1. The van der Waals surface area contributed by atoms with Gasteiger partial charge in [0.1, 0.15) is 0 Å². The summed E-state index contributed by atoms with van der Waals surface area (Å²) in [5.74, 6) is -0.254. The fraction of sp³-hybridized carbons (Fsp3) is 0.700. The number of ether oxygens (including phenoxy) is 1. The lowest BCUT2D eigenvalue weighted by Crippen LogP contribution is -2.23. The predicted molar refractivity (Wildman–Crippen MR) is 51.4 cm³/mol. The van der Waals surface area contributed by atoms with E-state index in [0.717, 1.165) is 19.4 Å². The van der Waals surface area contributed by atoms with Crippen molar-refractivity contribution in [3.05, 3.63) is 12.2 Å². The predicted octanol–water partition coefficient (Wildman–Crippen LogP) is 1.25. The fourth-order valence-corrected chi connectivity index (χ4v) is 1.54. The van der Waals surface area contributed by atoms with Crippen LogP contribution < -0.4 is 5.32 Å². The molecule has 0 radical (unpaired) electrons. The van der Waals surface area contributed by atoms with Crippen molar-refractivity contribution < 1.29 is 9.53 Å². The summed E-state index contributed by atoms with van der Waals surface area (Å²) in [5, 5.41) is 3.32. The standard InChI is InChI=1S/C10H17NO2/c1-3-13-10(12)8(2)7-9-5-4-6-11-9/h9,11H,2-7H2,1H3/t9-/m0/s1. The van der Waals surface area contributed by atoms with E-state index in [-0.39, 0.29) is 5.97 Å². The molecule has 0 aliphatic carbocycles. The molecule has 1 N–H and O–H groups in total. The van der Waals surface area contributed by atoms with Crippen molar-refractivity contribution in [3.63, 3.8) is 0 Å². The molecule has 0 aromatic carbocycles. The van der Waals surface area contributed by atoms with Gasteiger partial charge in [0.2, 0.25) is 0 Å². The van der Waals surface area contributed by atoms with Gasteiger partial charge in [0.15, 0.2) is 0 Å². The zero-order chi connectivity index (χ0) is 9.68. The first-order chi connectivity index (χ1) is 6.24. The molecule has 1 atom stereocenters. The Bertz CT molecular complexity index is 195. The van der Waals surface area contributed by atoms with Crippen LogP contribution in [0.5, 0.6) is 0 Å². The maximum Gasteiger partial charge on any atom is 0.333 e. The molecule has 1 aliphatic rings. The minimum Gasteiger partial charge on any atom is -0.463 e. The molecule has 0 bridgehead atoms. The van der Waals surface area contributed by atoms with Crippen LogP contribution in [0.1, 0.15) is 26.2 Å². The van der Waals surface area contributed by atoms with Gasteiger partial charge >= 0.3 is 5.97 Å². The highest BCUT2D eigenvalue weighted by Gasteiger charge is 2.18. The first kappa shape index (κ1) is 10.3. The van der Waals surface area contributed by atoms with Gasteiger partial charge in [-0.2, -0.15) is 0 Å². The molecule has 13 heavy (non-hydrogen) atoms. The molecule has 3 heteroatoms. The number of hydrogen-bond donors (Lipinski definition) is 1. The van der Waals surface area contributed by atoms with Crippen LogP contribution in [0.2, 0.25) is 0 Å². The van der Waals surface area contributed by atoms with E-state index in [9.17, 15) is 4.79 Å². The summed E-state index contributed by atoms with van der Waals surface area (Å²) in [7, 11) is 0. The highest BCUT2D eigenvalue weighted by Crippen LogP contribution is 2.14. The van der Waals surface area contributed by atoms with Crippen LogP contribution in [0.25, 0.3) is 0 Å². The van der Waals surface area contributed by atoms with E-state index in [0.29, 0.717) is 18.2 Å². The number of hydrogen-bond acceptors (Lipinski definition) is 3. The Labute approximate surface area is 79.2 Å². The average Bonchev–Trinajstić information content (AvgIpc) is 2.57. The summed E-state index contributed by atoms with van der Waals surface area (Å²) in [5.41, 5.74) is 0.584. The van der Waals surface area contributed by atoms with Crippen molar-refractivity contribution in [3.8, 4) is 0 Å². The third kappa shape index (κ3) is 3.19. The summed E-state index contributed by atoms with van der Waals surface area (Å²) in [6.45, 7) is 7.01. The number of carbonyl (C=O) groups is 1. The minimum absolute atomic E-state index is 0.254. The van der Waals surface area contributed by atoms with Gasteiger partial charge in [-0.3, -0.25) is 0 Å². The quantitative estimate of drug-likeness (QED) is 0.526. The number of rotatable bonds is 4. The molecule has 3 nitrogen and oxygen atoms in total. The van der Waals surface area contributed by atoms with E-state index in [1.54, 1.807) is 6.92 Å². The van der Waals surface area contributed by atoms with Crippen LogP contribution in [-0.2, 0) is 9.53 Å². The lowest BCUT2D eigenvalue weighted by atomic mass is 10.1. The van der Waals surface area contributed by atoms with Gasteiger partial charge in [-0.25, -0.2) is 4.79 Å². The molecule has 1 fully saturated rings. The summed E-state index contributed by atoms with van der Waals surface area (Å²) >= 11 is 0. The largest absolute Gasteiger partial charge is 0.463 e. The highest BCUT2D eigenvalue weighted by molar-refractivity contribution is 5.87. The van der Waals surface area contributed by atoms with Crippen LogP contribution in [-0.4, -0.2) is 25.2 Å². The maximum atomic E-state index is 11.2. The second kappa shape index (κ2) is 5.02. The fourth-order valence-electron chi connectivity index (χ4n) is 1.54. The van der Waals surface area contributed by atoms with Gasteiger partial charge in [-0.15, -0.1) is 0 Å². The van der Waals surface area contributed by atoms with Crippen molar-refractivity contribution in [2.45, 2.75) is 32.2 Å². The maximum absolute atomic E-state index is 11.2. The van der Waals surface area contributed by atoms with Gasteiger partial charge in [0, 0.05) is 11.6 Å². The van der Waals surface area contributed by atoms with Crippen LogP contribution in [0.3, 0.4) is 0 Å². The van der Waals surface area contributed by atoms with Crippen LogP contribution in [0, 0.1) is 0 Å². The van der Waals surface area contributed by atoms with Crippen LogP contribution >= 0.6 is 0 Å². The SMILES string of the molecule is C=C(C[C@@H]1CCCN1)C(=O)OCC. The van der Waals surface area contributed by atoms with E-state index >= 15 is 0 Å². The van der Waals surface area contributed by atoms with E-state index in [1.807, 2.05) is 0 Å². The number of nitrogens with one attached hydrogen (secondary N) is 1. The highest BCUT2D eigenvalue weighted by atomic mass is 16.5. The first-order valence-electron chi connectivity index (χ1n) is 4.82. The second-order valence-electron chi connectivity index (χ2n) is 3.32. The Kier molecular flexibility index (Phi) is 3.96. The summed E-state index contributed by atoms with van der Waals surface area (Å²) in [4.78, 5) is 11.2. The molecule has 1 aliphatic heterocycles. The summed E-state index contributed by atoms with van der Waals surface area (Å²) in [6.07, 6.45) is 3.05. The molecule has 1 saturated heterocycles. The topological polar surface area (TPSA) is 38.3 Å². The van der Waals surface area contributed by atoms with Gasteiger partial charge in [0.25, 0.3) is 0 Å². The van der Waals surface area contributed by atoms with Crippen LogP contribution in [0.15, 0.2) is 12.2 Å². The van der Waals surface area contributed by atoms with E-state index in [4.69, 9.17) is 4.74 Å². The van der Waals surface area contributed by atoms with E-state index in [2.05, 4.69) is 11.9 Å². The number of esters is 1. The molecule has 1 rings (SSSR count). The molecule has 74 valence electrons. The van der Waals surface area contributed by atoms with Gasteiger partial charge in [-0.05, 0) is 32.7 Å². The van der Waals surface area contributed by atoms with Crippen LogP contribution in [0.4, 0.5) is 0 Å². The first-order valence-corrected chi connectivity index (χ1v) is 4.82. The third-order valence-corrected chi connectivity index (χ3v) is 2.22. The Hall–Kier alpha value is -0.830. The minimum atomic E-state index is -0.254. The summed E-state index contributed by atoms with van der Waals surface area (Å²) < 4.78 is 4.85. The van der Waals surface area contributed by atoms with Crippen molar-refractivity contribution in [1.82, 2.24) is 5.32 Å². The normalized spacial score (nSPS) is 21.5. The summed E-state index contributed by atoms with van der Waals surface area (Å²) in [6, 6.07) is 0.428. The smallest absolute Gasteiger partial charge is 0.333 e. The van der Waals surface area contributed by atoms with Crippen molar-refractivity contribution >= 4 is 5.97 Å². The molecular formula is C10H17NO2. The van der Waals surface area contributed by atoms with E-state index in [1.165, 1.54) is 6.42 Å². The van der Waals surface area contributed by atoms with Gasteiger partial charge < -0.3 is 10.1 Å². The molecule has 0 aromatic rings. The molecule has 1 heterocycles. The monoisotopic (exact) mass is 183 g/mol. The third-order valence-electron chi connectivity index (χ3n) is 2.22. The second-order valence-corrected chi connectivity index (χ2v) is 3.32. The molecule has 0 amide bonds. The van der Waals surface area contributed by atoms with Crippen molar-refractivity contribution in [2.75, 3.05) is 13.2 Å². The lowest BCUT2D eigenvalue weighted by Gasteiger charge is -2.10. The average molecular weight is 183 g/mol. The molecule has 0 unspecified atom stereocenters. The molecular weight excluding hydrogens is 166 g/mol. The van der Waals surface area contributed by atoms with Gasteiger partial charge in [-0.1, -0.05) is 6.58 Å². The zero-order valence-electron chi connectivity index (χ0n) is 8.14. The lowest BCUT2D eigenvalue weighted by molar-refractivity contribution is -0.138.